The van der Waals surface area contributed by atoms with Gasteiger partial charge in [0.1, 0.15) is 0 Å². The highest BCUT2D eigenvalue weighted by molar-refractivity contribution is 7.90. The molecule has 2 aromatic rings. The van der Waals surface area contributed by atoms with E-state index in [2.05, 4.69) is 0 Å². The fourth-order valence-electron chi connectivity index (χ4n) is 2.83. The molecule has 0 saturated carbocycles. The number of amides is 1. The molecule has 1 aromatic carbocycles. The van der Waals surface area contributed by atoms with Crippen LogP contribution in [0.25, 0.3) is 0 Å². The molecule has 7 nitrogen and oxygen atoms in total. The molecule has 0 spiro atoms. The zero-order valence-electron chi connectivity index (χ0n) is 12.8. The maximum atomic E-state index is 12.6. The minimum Gasteiger partial charge on any atom is -0.479 e. The number of furan rings is 1. The minimum atomic E-state index is -3.58. The number of carboxylic acids is 1. The number of hydrogen-bond acceptors (Lipinski definition) is 5. The minimum absolute atomic E-state index is 0.193. The number of aliphatic carboxylic acids is 1. The van der Waals surface area contributed by atoms with E-state index in [1.807, 2.05) is 12.1 Å². The van der Waals surface area contributed by atoms with Crippen molar-refractivity contribution in [3.05, 3.63) is 53.3 Å². The van der Waals surface area contributed by atoms with Gasteiger partial charge >= 0.3 is 5.97 Å². The first-order valence-electron chi connectivity index (χ1n) is 7.20. The fourth-order valence-corrected chi connectivity index (χ4v) is 3.38. The van der Waals surface area contributed by atoms with E-state index in [1.54, 1.807) is 12.1 Å². The quantitative estimate of drug-likeness (QED) is 0.900. The summed E-state index contributed by atoms with van der Waals surface area (Å²) < 4.78 is 28.0. The van der Waals surface area contributed by atoms with Crippen LogP contribution < -0.4 is 0 Å². The van der Waals surface area contributed by atoms with Crippen molar-refractivity contribution in [1.29, 1.82) is 0 Å². The van der Waals surface area contributed by atoms with Crippen molar-refractivity contribution >= 4 is 21.7 Å². The molecule has 1 atom stereocenters. The highest BCUT2D eigenvalue weighted by atomic mass is 32.2. The van der Waals surface area contributed by atoms with Crippen LogP contribution in [0.5, 0.6) is 0 Å². The molecule has 1 unspecified atom stereocenters. The van der Waals surface area contributed by atoms with E-state index in [0.717, 1.165) is 11.8 Å². The maximum absolute atomic E-state index is 12.6. The van der Waals surface area contributed by atoms with Gasteiger partial charge in [0.15, 0.2) is 11.8 Å². The summed E-state index contributed by atoms with van der Waals surface area (Å²) in [4.78, 5) is 25.5. The van der Waals surface area contributed by atoms with Crippen LogP contribution in [0.2, 0.25) is 0 Å². The van der Waals surface area contributed by atoms with E-state index in [0.29, 0.717) is 12.0 Å². The first kappa shape index (κ1) is 16.3. The van der Waals surface area contributed by atoms with E-state index < -0.39 is 27.8 Å². The second-order valence-electron chi connectivity index (χ2n) is 5.58. The van der Waals surface area contributed by atoms with Gasteiger partial charge in [-0.1, -0.05) is 24.3 Å². The summed E-state index contributed by atoms with van der Waals surface area (Å²) in [5.41, 5.74) is 1.43. The Hall–Kier alpha value is -2.61. The molecule has 1 aliphatic heterocycles. The lowest BCUT2D eigenvalue weighted by Crippen LogP contribution is -2.43. The van der Waals surface area contributed by atoms with Gasteiger partial charge in [-0.05, 0) is 29.7 Å². The number of carbonyl (C=O) groups excluding carboxylic acids is 1. The van der Waals surface area contributed by atoms with E-state index >= 15 is 0 Å². The van der Waals surface area contributed by atoms with Crippen molar-refractivity contribution in [3.63, 3.8) is 0 Å². The van der Waals surface area contributed by atoms with Crippen molar-refractivity contribution in [2.75, 3.05) is 12.8 Å². The Bertz CT molecular complexity index is 914. The van der Waals surface area contributed by atoms with Crippen molar-refractivity contribution in [2.45, 2.75) is 17.6 Å². The Morgan fingerprint density at radius 2 is 1.92 bits per heavy atom. The molecule has 0 aliphatic carbocycles. The Labute approximate surface area is 138 Å². The second-order valence-corrected chi connectivity index (χ2v) is 7.53. The molecule has 1 aliphatic rings. The van der Waals surface area contributed by atoms with Gasteiger partial charge < -0.3 is 14.4 Å². The summed E-state index contributed by atoms with van der Waals surface area (Å²) in [5.74, 6) is -1.99. The molecule has 0 saturated heterocycles. The monoisotopic (exact) mass is 349 g/mol. The molecular weight excluding hydrogens is 334 g/mol. The summed E-state index contributed by atoms with van der Waals surface area (Å²) in [6.45, 7) is 0.210. The third-order valence-electron chi connectivity index (χ3n) is 3.94. The first-order chi connectivity index (χ1) is 11.3. The third kappa shape index (κ3) is 2.80. The molecule has 0 radical (unpaired) electrons. The summed E-state index contributed by atoms with van der Waals surface area (Å²) >= 11 is 0. The van der Waals surface area contributed by atoms with Crippen molar-refractivity contribution in [3.8, 4) is 0 Å². The van der Waals surface area contributed by atoms with Crippen LogP contribution in [-0.4, -0.2) is 43.1 Å². The van der Waals surface area contributed by atoms with Gasteiger partial charge in [0.05, 0.1) is 0 Å². The predicted octanol–water partition coefficient (Wildman–Crippen LogP) is 1.51. The smallest absolute Gasteiger partial charge is 0.331 e. The Morgan fingerprint density at radius 1 is 1.21 bits per heavy atom. The van der Waals surface area contributed by atoms with Crippen LogP contribution in [0.15, 0.2) is 45.9 Å². The number of sulfone groups is 1. The Morgan fingerprint density at radius 3 is 2.54 bits per heavy atom. The highest BCUT2D eigenvalue weighted by Gasteiger charge is 2.37. The number of hydrogen-bond donors (Lipinski definition) is 1. The lowest BCUT2D eigenvalue weighted by molar-refractivity contribution is -0.143. The molecular formula is C16H15NO6S. The van der Waals surface area contributed by atoms with Crippen molar-refractivity contribution in [1.82, 2.24) is 4.90 Å². The lowest BCUT2D eigenvalue weighted by atomic mass is 9.92. The van der Waals surface area contributed by atoms with Crippen LogP contribution >= 0.6 is 0 Å². The van der Waals surface area contributed by atoms with E-state index in [4.69, 9.17) is 4.42 Å². The van der Waals surface area contributed by atoms with Crippen LogP contribution in [0.1, 0.15) is 27.7 Å². The summed E-state index contributed by atoms with van der Waals surface area (Å²) in [5, 5.41) is 9.24. The van der Waals surface area contributed by atoms with Gasteiger partial charge in [0, 0.05) is 12.8 Å². The molecule has 8 heteroatoms. The number of fused-ring (bicyclic) bond motifs is 1. The second kappa shape index (κ2) is 5.79. The van der Waals surface area contributed by atoms with Gasteiger partial charge in [-0.15, -0.1) is 0 Å². The number of nitrogens with zero attached hydrogens (tertiary/aromatic N) is 1. The topological polar surface area (TPSA) is 105 Å². The molecule has 1 aromatic heterocycles. The number of rotatable bonds is 3. The SMILES string of the molecule is CS(=O)(=O)c1ccc(C(=O)N2CCc3ccccc3C2C(=O)O)o1. The van der Waals surface area contributed by atoms with Gasteiger partial charge in [-0.25, -0.2) is 13.2 Å². The normalized spacial score (nSPS) is 17.4. The molecule has 0 fully saturated rings. The number of carbonyl (C=O) groups is 2. The zero-order chi connectivity index (χ0) is 17.5. The third-order valence-corrected chi connectivity index (χ3v) is 4.89. The highest BCUT2D eigenvalue weighted by Crippen LogP contribution is 2.31. The zero-order valence-corrected chi connectivity index (χ0v) is 13.6. The van der Waals surface area contributed by atoms with Crippen LogP contribution in [-0.2, 0) is 21.1 Å². The average Bonchev–Trinajstić information content (AvgIpc) is 3.03. The summed E-state index contributed by atoms with van der Waals surface area (Å²) in [7, 11) is -3.58. The van der Waals surface area contributed by atoms with Gasteiger partial charge in [0.2, 0.25) is 14.9 Å². The molecule has 1 N–H and O–H groups in total. The number of benzene rings is 1. The lowest BCUT2D eigenvalue weighted by Gasteiger charge is -2.34. The Balaban J connectivity index is 1.98. The summed E-state index contributed by atoms with van der Waals surface area (Å²) in [6, 6.07) is 8.36. The van der Waals surface area contributed by atoms with Crippen molar-refractivity contribution in [2.24, 2.45) is 0 Å². The van der Waals surface area contributed by atoms with Gasteiger partial charge in [-0.2, -0.15) is 0 Å². The first-order valence-corrected chi connectivity index (χ1v) is 9.09. The maximum Gasteiger partial charge on any atom is 0.331 e. The van der Waals surface area contributed by atoms with Crippen molar-refractivity contribution < 1.29 is 27.5 Å². The van der Waals surface area contributed by atoms with Crippen LogP contribution in [0.4, 0.5) is 0 Å². The largest absolute Gasteiger partial charge is 0.479 e. The average molecular weight is 349 g/mol. The molecule has 24 heavy (non-hydrogen) atoms. The van der Waals surface area contributed by atoms with E-state index in [-0.39, 0.29) is 17.4 Å². The fraction of sp³-hybridized carbons (Fsp3) is 0.250. The number of carboxylic acid groups (broad SMARTS) is 1. The van der Waals surface area contributed by atoms with E-state index in [9.17, 15) is 23.1 Å². The van der Waals surface area contributed by atoms with Gasteiger partial charge in [0.25, 0.3) is 5.91 Å². The van der Waals surface area contributed by atoms with Gasteiger partial charge in [-0.3, -0.25) is 4.79 Å². The molecule has 1 amide bonds. The summed E-state index contributed by atoms with van der Waals surface area (Å²) in [6.07, 6.45) is 1.49. The van der Waals surface area contributed by atoms with Crippen LogP contribution in [0.3, 0.4) is 0 Å². The predicted molar refractivity (Wildman–Crippen MR) is 83.4 cm³/mol. The molecule has 0 bridgehead atoms. The molecule has 3 rings (SSSR count). The molecule has 2 heterocycles. The molecule has 126 valence electrons. The van der Waals surface area contributed by atoms with E-state index in [1.165, 1.54) is 17.0 Å². The van der Waals surface area contributed by atoms with Crippen LogP contribution in [0, 0.1) is 0 Å². The Kier molecular flexibility index (Phi) is 3.92. The standard InChI is InChI=1S/C16H15NO6S/c1-24(21,22)13-7-6-12(23-13)15(18)17-9-8-10-4-2-3-5-11(10)14(17)16(19)20/h2-7,14H,8-9H2,1H3,(H,19,20).